The summed E-state index contributed by atoms with van der Waals surface area (Å²) in [5.41, 5.74) is 3.04. The fourth-order valence-corrected chi connectivity index (χ4v) is 4.46. The fraction of sp³-hybridized carbons (Fsp3) is 0.400. The topological polar surface area (TPSA) is 31.2 Å². The molecule has 0 amide bonds. The number of carbonyl (C=O) groups is 1. The quantitative estimate of drug-likeness (QED) is 0.316. The number of Topliss-reactive ketones (excluding diaryl/α,β-unsaturated/α-hetero) is 1. The van der Waals surface area contributed by atoms with E-state index in [1.54, 1.807) is 0 Å². The minimum atomic E-state index is 0.194. The first-order chi connectivity index (χ1) is 14.1. The van der Waals surface area contributed by atoms with Crippen molar-refractivity contribution < 1.29 is 9.53 Å². The molecule has 0 saturated heterocycles. The van der Waals surface area contributed by atoms with Crippen LogP contribution in [0.2, 0.25) is 5.02 Å². The average Bonchev–Trinajstić information content (AvgIpc) is 3.12. The lowest BCUT2D eigenvalue weighted by Crippen LogP contribution is -2.17. The van der Waals surface area contributed by atoms with E-state index in [2.05, 4.69) is 22.9 Å². The van der Waals surface area contributed by atoms with E-state index < -0.39 is 0 Å². The summed E-state index contributed by atoms with van der Waals surface area (Å²) in [6, 6.07) is 14.0. The highest BCUT2D eigenvalue weighted by Gasteiger charge is 2.25. The molecule has 4 heteroatoms. The third kappa shape index (κ3) is 4.51. The number of hydrogen-bond donors (Lipinski definition) is 0. The molecule has 0 bridgehead atoms. The van der Waals surface area contributed by atoms with Crippen LogP contribution in [0.3, 0.4) is 0 Å². The molecule has 0 N–H and O–H groups in total. The van der Waals surface area contributed by atoms with Gasteiger partial charge in [-0.1, -0.05) is 49.1 Å². The van der Waals surface area contributed by atoms with Crippen molar-refractivity contribution in [3.8, 4) is 5.75 Å². The molecule has 3 aromatic rings. The van der Waals surface area contributed by atoms with Gasteiger partial charge in [0.05, 0.1) is 6.61 Å². The molecule has 29 heavy (non-hydrogen) atoms. The van der Waals surface area contributed by atoms with Crippen molar-refractivity contribution in [2.24, 2.45) is 5.92 Å². The molecule has 1 fully saturated rings. The van der Waals surface area contributed by atoms with Gasteiger partial charge < -0.3 is 9.30 Å². The second-order valence-corrected chi connectivity index (χ2v) is 8.47. The Balaban J connectivity index is 1.44. The standard InChI is InChI=1S/C25H28ClNO2/c1-18-16-20(12-13-23(18)26)29-15-7-14-27-17-22(21-10-5-6-11-24(21)27)25(28)19-8-3-2-4-9-19/h5-6,10-13,16-17,19H,2-4,7-9,14-15H2,1H3. The highest BCUT2D eigenvalue weighted by atomic mass is 35.5. The van der Waals surface area contributed by atoms with Gasteiger partial charge in [0.25, 0.3) is 0 Å². The second kappa shape index (κ2) is 9.04. The van der Waals surface area contributed by atoms with Crippen molar-refractivity contribution in [3.63, 3.8) is 0 Å². The first-order valence-corrected chi connectivity index (χ1v) is 11.0. The third-order valence-corrected chi connectivity index (χ3v) is 6.40. The van der Waals surface area contributed by atoms with Gasteiger partial charge in [-0.05, 0) is 56.0 Å². The van der Waals surface area contributed by atoms with E-state index in [-0.39, 0.29) is 5.92 Å². The average molecular weight is 410 g/mol. The number of nitrogens with zero attached hydrogens (tertiary/aromatic N) is 1. The molecular weight excluding hydrogens is 382 g/mol. The maximum Gasteiger partial charge on any atom is 0.168 e. The molecule has 0 atom stereocenters. The zero-order valence-corrected chi connectivity index (χ0v) is 17.8. The minimum absolute atomic E-state index is 0.194. The molecule has 0 unspecified atom stereocenters. The highest BCUT2D eigenvalue weighted by Crippen LogP contribution is 2.31. The van der Waals surface area contributed by atoms with Crippen LogP contribution in [0.1, 0.15) is 54.4 Å². The number of fused-ring (bicyclic) bond motifs is 1. The number of carbonyl (C=O) groups excluding carboxylic acids is 1. The fourth-order valence-electron chi connectivity index (χ4n) is 4.34. The van der Waals surface area contributed by atoms with Gasteiger partial charge in [-0.3, -0.25) is 4.79 Å². The van der Waals surface area contributed by atoms with Gasteiger partial charge in [-0.15, -0.1) is 0 Å². The number of benzene rings is 2. The lowest BCUT2D eigenvalue weighted by molar-refractivity contribution is 0.0891. The molecule has 0 spiro atoms. The maximum absolute atomic E-state index is 13.2. The van der Waals surface area contributed by atoms with E-state index in [0.29, 0.717) is 12.4 Å². The Labute approximate surface area is 177 Å². The molecule has 1 aliphatic carbocycles. The van der Waals surface area contributed by atoms with Crippen LogP contribution in [0.5, 0.6) is 5.75 Å². The van der Waals surface area contributed by atoms with Crippen molar-refractivity contribution >= 4 is 28.3 Å². The number of ketones is 1. The zero-order chi connectivity index (χ0) is 20.2. The summed E-state index contributed by atoms with van der Waals surface area (Å²) in [4.78, 5) is 13.2. The summed E-state index contributed by atoms with van der Waals surface area (Å²) in [5, 5.41) is 1.84. The van der Waals surface area contributed by atoms with Crippen LogP contribution in [0, 0.1) is 12.8 Å². The summed E-state index contributed by atoms with van der Waals surface area (Å²) < 4.78 is 8.10. The SMILES string of the molecule is Cc1cc(OCCCn2cc(C(=O)C3CCCCC3)c3ccccc32)ccc1Cl. The Morgan fingerprint density at radius 3 is 2.72 bits per heavy atom. The smallest absolute Gasteiger partial charge is 0.168 e. The molecular formula is C25H28ClNO2. The highest BCUT2D eigenvalue weighted by molar-refractivity contribution is 6.31. The minimum Gasteiger partial charge on any atom is -0.494 e. The summed E-state index contributed by atoms with van der Waals surface area (Å²) in [6.07, 6.45) is 8.62. The van der Waals surface area contributed by atoms with E-state index in [0.717, 1.165) is 58.6 Å². The van der Waals surface area contributed by atoms with Crippen LogP contribution in [0.4, 0.5) is 0 Å². The van der Waals surface area contributed by atoms with Crippen molar-refractivity contribution in [1.82, 2.24) is 4.57 Å². The molecule has 4 rings (SSSR count). The Morgan fingerprint density at radius 1 is 1.14 bits per heavy atom. The van der Waals surface area contributed by atoms with E-state index in [1.807, 2.05) is 37.3 Å². The van der Waals surface area contributed by atoms with E-state index >= 15 is 0 Å². The van der Waals surface area contributed by atoms with Gasteiger partial charge in [0, 0.05) is 40.1 Å². The first-order valence-electron chi connectivity index (χ1n) is 10.6. The van der Waals surface area contributed by atoms with Gasteiger partial charge in [-0.2, -0.15) is 0 Å². The summed E-state index contributed by atoms with van der Waals surface area (Å²) >= 11 is 6.07. The Bertz CT molecular complexity index is 1000. The number of hydrogen-bond acceptors (Lipinski definition) is 2. The third-order valence-electron chi connectivity index (χ3n) is 5.97. The van der Waals surface area contributed by atoms with Crippen LogP contribution in [-0.4, -0.2) is 17.0 Å². The lowest BCUT2D eigenvalue weighted by Gasteiger charge is -2.19. The van der Waals surface area contributed by atoms with Crippen LogP contribution >= 0.6 is 11.6 Å². The number of halogens is 1. The van der Waals surface area contributed by atoms with Gasteiger partial charge in [-0.25, -0.2) is 0 Å². The normalized spacial score (nSPS) is 15.0. The van der Waals surface area contributed by atoms with Gasteiger partial charge in [0.15, 0.2) is 5.78 Å². The Morgan fingerprint density at radius 2 is 1.93 bits per heavy atom. The molecule has 1 saturated carbocycles. The van der Waals surface area contributed by atoms with Crippen molar-refractivity contribution in [2.45, 2.75) is 52.0 Å². The van der Waals surface area contributed by atoms with E-state index in [9.17, 15) is 4.79 Å². The zero-order valence-electron chi connectivity index (χ0n) is 17.0. The van der Waals surface area contributed by atoms with Crippen molar-refractivity contribution in [1.29, 1.82) is 0 Å². The molecule has 1 aromatic heterocycles. The van der Waals surface area contributed by atoms with Gasteiger partial charge >= 0.3 is 0 Å². The first kappa shape index (κ1) is 20.0. The van der Waals surface area contributed by atoms with Gasteiger partial charge in [0.1, 0.15) is 5.75 Å². The lowest BCUT2D eigenvalue weighted by atomic mass is 9.84. The van der Waals surface area contributed by atoms with Crippen molar-refractivity contribution in [2.75, 3.05) is 6.61 Å². The van der Waals surface area contributed by atoms with E-state index in [1.165, 1.54) is 19.3 Å². The molecule has 2 aromatic carbocycles. The van der Waals surface area contributed by atoms with Gasteiger partial charge in [0.2, 0.25) is 0 Å². The number of rotatable bonds is 7. The predicted molar refractivity (Wildman–Crippen MR) is 119 cm³/mol. The van der Waals surface area contributed by atoms with E-state index in [4.69, 9.17) is 16.3 Å². The number of ether oxygens (including phenoxy) is 1. The predicted octanol–water partition coefficient (Wildman–Crippen LogP) is 6.84. The maximum atomic E-state index is 13.2. The molecule has 1 heterocycles. The molecule has 1 aliphatic rings. The van der Waals surface area contributed by atoms with Crippen LogP contribution in [0.15, 0.2) is 48.7 Å². The number of aromatic nitrogens is 1. The second-order valence-electron chi connectivity index (χ2n) is 8.07. The molecule has 0 aliphatic heterocycles. The monoisotopic (exact) mass is 409 g/mol. The van der Waals surface area contributed by atoms with Crippen LogP contribution in [0.25, 0.3) is 10.9 Å². The molecule has 152 valence electrons. The summed E-state index contributed by atoms with van der Waals surface area (Å²) in [5.74, 6) is 1.37. The largest absolute Gasteiger partial charge is 0.494 e. The Hall–Kier alpha value is -2.26. The molecule has 3 nitrogen and oxygen atoms in total. The van der Waals surface area contributed by atoms with Crippen molar-refractivity contribution in [3.05, 3.63) is 64.8 Å². The van der Waals surface area contributed by atoms with Crippen LogP contribution in [-0.2, 0) is 6.54 Å². The summed E-state index contributed by atoms with van der Waals surface area (Å²) in [7, 11) is 0. The number of para-hydroxylation sites is 1. The Kier molecular flexibility index (Phi) is 6.25. The summed E-state index contributed by atoms with van der Waals surface area (Å²) in [6.45, 7) is 3.43. The molecule has 0 radical (unpaired) electrons. The van der Waals surface area contributed by atoms with Crippen LogP contribution < -0.4 is 4.74 Å². The number of aryl methyl sites for hydroxylation is 2.